The van der Waals surface area contributed by atoms with Crippen molar-refractivity contribution in [2.24, 2.45) is 5.92 Å². The second kappa shape index (κ2) is 11.6. The molecule has 0 bridgehead atoms. The normalized spacial score (nSPS) is 19.4. The van der Waals surface area contributed by atoms with Crippen LogP contribution in [0.4, 0.5) is 0 Å². The Hall–Kier alpha value is -1.24. The first-order valence-electron chi connectivity index (χ1n) is 9.72. The van der Waals surface area contributed by atoms with Crippen molar-refractivity contribution in [3.8, 4) is 0 Å². The van der Waals surface area contributed by atoms with Gasteiger partial charge in [0.25, 0.3) is 5.91 Å². The number of nitrogens with zero attached hydrogens (tertiary/aromatic N) is 1. The molecule has 3 rings (SSSR count). The van der Waals surface area contributed by atoms with Crippen LogP contribution in [0.25, 0.3) is 0 Å². The first kappa shape index (κ1) is 22.1. The van der Waals surface area contributed by atoms with E-state index in [1.165, 1.54) is 24.6 Å². The van der Waals surface area contributed by atoms with Crippen LogP contribution in [0.3, 0.4) is 0 Å². The Balaban J connectivity index is 0.00000261. The van der Waals surface area contributed by atoms with Crippen molar-refractivity contribution in [2.75, 3.05) is 38.5 Å². The molecule has 1 atom stereocenters. The van der Waals surface area contributed by atoms with Gasteiger partial charge in [0.15, 0.2) is 0 Å². The van der Waals surface area contributed by atoms with Gasteiger partial charge in [-0.1, -0.05) is 12.1 Å². The third-order valence-corrected chi connectivity index (χ3v) is 6.24. The van der Waals surface area contributed by atoms with Gasteiger partial charge in [0.05, 0.1) is 11.3 Å². The minimum atomic E-state index is -0.0366. The second-order valence-corrected chi connectivity index (χ2v) is 8.15. The Bertz CT molecular complexity index is 617. The molecule has 2 aliphatic heterocycles. The maximum atomic E-state index is 12.6. The lowest BCUT2D eigenvalue weighted by Gasteiger charge is -2.22. The average Bonchev–Trinajstić information content (AvgIpc) is 3.22. The summed E-state index contributed by atoms with van der Waals surface area (Å²) in [6, 6.07) is 7.58. The van der Waals surface area contributed by atoms with Crippen molar-refractivity contribution in [1.29, 1.82) is 0 Å². The van der Waals surface area contributed by atoms with Gasteiger partial charge in [0.2, 0.25) is 5.91 Å². The highest BCUT2D eigenvalue weighted by Gasteiger charge is 2.19. The Morgan fingerprint density at radius 3 is 2.70 bits per heavy atom. The molecule has 2 saturated heterocycles. The van der Waals surface area contributed by atoms with E-state index < -0.39 is 0 Å². The summed E-state index contributed by atoms with van der Waals surface area (Å²) in [5, 5.41) is 6.47. The molecule has 2 N–H and O–H groups in total. The van der Waals surface area contributed by atoms with Crippen LogP contribution < -0.4 is 10.6 Å². The highest BCUT2D eigenvalue weighted by molar-refractivity contribution is 8.00. The fourth-order valence-corrected chi connectivity index (χ4v) is 4.59. The Morgan fingerprint density at radius 2 is 1.96 bits per heavy atom. The lowest BCUT2D eigenvalue weighted by molar-refractivity contribution is -0.127. The van der Waals surface area contributed by atoms with Gasteiger partial charge >= 0.3 is 0 Å². The van der Waals surface area contributed by atoms with Gasteiger partial charge in [-0.05, 0) is 63.2 Å². The molecule has 2 amide bonds. The molecule has 2 aliphatic rings. The van der Waals surface area contributed by atoms with Crippen LogP contribution in [0.5, 0.6) is 0 Å². The third kappa shape index (κ3) is 6.70. The topological polar surface area (TPSA) is 61.4 Å². The summed E-state index contributed by atoms with van der Waals surface area (Å²) in [4.78, 5) is 27.6. The molecule has 27 heavy (non-hydrogen) atoms. The van der Waals surface area contributed by atoms with E-state index >= 15 is 0 Å². The molecule has 2 fully saturated rings. The zero-order chi connectivity index (χ0) is 18.2. The fourth-order valence-electron chi connectivity index (χ4n) is 3.63. The molecule has 5 nitrogen and oxygen atoms in total. The summed E-state index contributed by atoms with van der Waals surface area (Å²) in [7, 11) is 0. The number of halogens is 1. The minimum Gasteiger partial charge on any atom is -0.352 e. The maximum absolute atomic E-state index is 12.6. The quantitative estimate of drug-likeness (QED) is 0.677. The van der Waals surface area contributed by atoms with Crippen molar-refractivity contribution in [3.63, 3.8) is 0 Å². The number of piperidine rings is 1. The lowest BCUT2D eigenvalue weighted by atomic mass is 9.96. The molecule has 2 heterocycles. The van der Waals surface area contributed by atoms with E-state index in [9.17, 15) is 9.59 Å². The largest absolute Gasteiger partial charge is 0.352 e. The van der Waals surface area contributed by atoms with E-state index in [2.05, 4.69) is 10.6 Å². The highest BCUT2D eigenvalue weighted by atomic mass is 35.5. The molecule has 0 radical (unpaired) electrons. The fraction of sp³-hybridized carbons (Fsp3) is 0.600. The molecule has 1 unspecified atom stereocenters. The zero-order valence-electron chi connectivity index (χ0n) is 15.7. The number of hydrogen-bond donors (Lipinski definition) is 2. The predicted molar refractivity (Wildman–Crippen MR) is 113 cm³/mol. The first-order valence-corrected chi connectivity index (χ1v) is 10.7. The van der Waals surface area contributed by atoms with E-state index in [1.54, 1.807) is 0 Å². The number of hydrogen-bond acceptors (Lipinski definition) is 4. The van der Waals surface area contributed by atoms with Crippen LogP contribution in [0, 0.1) is 5.92 Å². The molecule has 0 aromatic heterocycles. The van der Waals surface area contributed by atoms with Gasteiger partial charge in [0, 0.05) is 24.5 Å². The van der Waals surface area contributed by atoms with Gasteiger partial charge in [0.1, 0.15) is 0 Å². The van der Waals surface area contributed by atoms with Crippen LogP contribution in [0.15, 0.2) is 29.2 Å². The average molecular weight is 412 g/mol. The first-order chi connectivity index (χ1) is 12.7. The summed E-state index contributed by atoms with van der Waals surface area (Å²) >= 11 is 1.47. The maximum Gasteiger partial charge on any atom is 0.252 e. The van der Waals surface area contributed by atoms with Gasteiger partial charge in [-0.3, -0.25) is 9.59 Å². The standard InChI is InChI=1S/C20H29N3O2S.ClH/c24-19(23-12-3-4-13-23)15-26-18-8-2-1-7-17(18)20(25)22-11-9-16-6-5-10-21-14-16;/h1-2,7-8,16,21H,3-6,9-15H2,(H,22,25);1H. The van der Waals surface area contributed by atoms with Gasteiger partial charge in [-0.15, -0.1) is 24.2 Å². The number of benzene rings is 1. The molecular weight excluding hydrogens is 382 g/mol. The Morgan fingerprint density at radius 1 is 1.19 bits per heavy atom. The monoisotopic (exact) mass is 411 g/mol. The molecule has 0 saturated carbocycles. The van der Waals surface area contributed by atoms with Crippen LogP contribution in [0.1, 0.15) is 42.5 Å². The van der Waals surface area contributed by atoms with Gasteiger partial charge < -0.3 is 15.5 Å². The minimum absolute atomic E-state index is 0. The van der Waals surface area contributed by atoms with Crippen LogP contribution in [-0.2, 0) is 4.79 Å². The predicted octanol–water partition coefficient (Wildman–Crippen LogP) is 2.94. The van der Waals surface area contributed by atoms with Gasteiger partial charge in [-0.25, -0.2) is 0 Å². The lowest BCUT2D eigenvalue weighted by Crippen LogP contribution is -2.33. The number of thioether (sulfide) groups is 1. The smallest absolute Gasteiger partial charge is 0.252 e. The van der Waals surface area contributed by atoms with Crippen molar-refractivity contribution < 1.29 is 9.59 Å². The zero-order valence-corrected chi connectivity index (χ0v) is 17.4. The SMILES string of the molecule is Cl.O=C(NCCC1CCCNC1)c1ccccc1SCC(=O)N1CCCC1. The van der Waals surface area contributed by atoms with Crippen molar-refractivity contribution >= 4 is 36.0 Å². The molecule has 7 heteroatoms. The van der Waals surface area contributed by atoms with Gasteiger partial charge in [-0.2, -0.15) is 0 Å². The van der Waals surface area contributed by atoms with E-state index in [-0.39, 0.29) is 24.2 Å². The van der Waals surface area contributed by atoms with E-state index in [0.717, 1.165) is 50.3 Å². The number of nitrogens with one attached hydrogen (secondary N) is 2. The van der Waals surface area contributed by atoms with Crippen molar-refractivity contribution in [3.05, 3.63) is 29.8 Å². The number of carbonyl (C=O) groups excluding carboxylic acids is 2. The number of likely N-dealkylation sites (tertiary alicyclic amines) is 1. The Kier molecular flexibility index (Phi) is 9.45. The van der Waals surface area contributed by atoms with Crippen molar-refractivity contribution in [2.45, 2.75) is 37.0 Å². The number of rotatable bonds is 7. The summed E-state index contributed by atoms with van der Waals surface area (Å²) in [5.41, 5.74) is 0.675. The number of carbonyl (C=O) groups is 2. The summed E-state index contributed by atoms with van der Waals surface area (Å²) in [5.74, 6) is 1.20. The number of amides is 2. The summed E-state index contributed by atoms with van der Waals surface area (Å²) in [6.45, 7) is 4.62. The molecule has 0 spiro atoms. The third-order valence-electron chi connectivity index (χ3n) is 5.18. The van der Waals surface area contributed by atoms with Crippen molar-refractivity contribution in [1.82, 2.24) is 15.5 Å². The molecule has 0 aliphatic carbocycles. The molecular formula is C20H30ClN3O2S. The van der Waals surface area contributed by atoms with Crippen LogP contribution in [-0.4, -0.2) is 55.2 Å². The summed E-state index contributed by atoms with van der Waals surface area (Å²) in [6.07, 6.45) is 5.69. The van der Waals surface area contributed by atoms with E-state index in [4.69, 9.17) is 0 Å². The van der Waals surface area contributed by atoms with Crippen LogP contribution >= 0.6 is 24.2 Å². The van der Waals surface area contributed by atoms with E-state index in [1.807, 2.05) is 29.2 Å². The van der Waals surface area contributed by atoms with E-state index in [0.29, 0.717) is 23.8 Å². The molecule has 1 aromatic carbocycles. The second-order valence-electron chi connectivity index (χ2n) is 7.13. The Labute approximate surface area is 172 Å². The highest BCUT2D eigenvalue weighted by Crippen LogP contribution is 2.24. The molecule has 1 aromatic rings. The summed E-state index contributed by atoms with van der Waals surface area (Å²) < 4.78 is 0. The van der Waals surface area contributed by atoms with Crippen LogP contribution in [0.2, 0.25) is 0 Å². The molecule has 150 valence electrons.